The molecular formula is C26H34Cl2N4O5S. The van der Waals surface area contributed by atoms with Crippen molar-refractivity contribution in [3.63, 3.8) is 0 Å². The Balaban J connectivity index is 1.84. The largest absolute Gasteiger partial charge is 0.359 e. The zero-order valence-electron chi connectivity index (χ0n) is 22.4. The highest BCUT2D eigenvalue weighted by atomic mass is 35.5. The number of urea groups is 1. The van der Waals surface area contributed by atoms with E-state index in [0.717, 1.165) is 4.88 Å². The van der Waals surface area contributed by atoms with Gasteiger partial charge in [-0.3, -0.25) is 14.9 Å². The Labute approximate surface area is 237 Å². The lowest BCUT2D eigenvalue weighted by atomic mass is 9.93. The Morgan fingerprint density at radius 1 is 1.16 bits per heavy atom. The summed E-state index contributed by atoms with van der Waals surface area (Å²) >= 11 is 13.6. The first kappa shape index (κ1) is 30.2. The average Bonchev–Trinajstić information content (AvgIpc) is 3.26. The van der Waals surface area contributed by atoms with Crippen molar-refractivity contribution < 1.29 is 23.9 Å². The second-order valence-corrected chi connectivity index (χ2v) is 12.2. The maximum absolute atomic E-state index is 13.9. The van der Waals surface area contributed by atoms with Gasteiger partial charge in [0.2, 0.25) is 5.91 Å². The number of hydrogen-bond donors (Lipinski definition) is 2. The molecule has 2 aromatic rings. The van der Waals surface area contributed by atoms with E-state index in [-0.39, 0.29) is 29.0 Å². The molecule has 2 N–H and O–H groups in total. The maximum atomic E-state index is 13.9. The van der Waals surface area contributed by atoms with E-state index in [1.807, 2.05) is 20.8 Å². The van der Waals surface area contributed by atoms with Gasteiger partial charge in [0.05, 0.1) is 27.9 Å². The van der Waals surface area contributed by atoms with Gasteiger partial charge in [-0.25, -0.2) is 4.79 Å². The number of anilines is 2. The summed E-state index contributed by atoms with van der Waals surface area (Å²) < 4.78 is 10.2. The number of benzene rings is 1. The predicted octanol–water partition coefficient (Wildman–Crippen LogP) is 5.68. The molecule has 0 aliphatic carbocycles. The summed E-state index contributed by atoms with van der Waals surface area (Å²) in [5, 5.41) is 6.39. The molecule has 0 atom stereocenters. The molecule has 3 rings (SSSR count). The third-order valence-corrected chi connectivity index (χ3v) is 8.45. The van der Waals surface area contributed by atoms with Crippen molar-refractivity contribution in [2.45, 2.75) is 45.6 Å². The first-order valence-electron chi connectivity index (χ1n) is 12.1. The van der Waals surface area contributed by atoms with Crippen molar-refractivity contribution in [3.05, 3.63) is 44.8 Å². The van der Waals surface area contributed by atoms with Crippen molar-refractivity contribution in [2.24, 2.45) is 0 Å². The molecular weight excluding hydrogens is 551 g/mol. The van der Waals surface area contributed by atoms with Gasteiger partial charge in [-0.15, -0.1) is 11.3 Å². The fourth-order valence-corrected chi connectivity index (χ4v) is 5.46. The van der Waals surface area contributed by atoms with Gasteiger partial charge in [-0.2, -0.15) is 0 Å². The maximum Gasteiger partial charge on any atom is 0.324 e. The standard InChI is InChI=1S/C26H34Cl2N4O5S/c1-25(2,3)19-14-16(21(38-19)30-24(35)29-18-9-7-8-17(27)20(18)28)22(33)32-11-10-31(12-13-37-15-36-6)23(34)26(32,4)5/h7-9,14H,10-13,15H2,1-6H3,(H2,29,30,35). The minimum atomic E-state index is -1.09. The summed E-state index contributed by atoms with van der Waals surface area (Å²) in [6.07, 6.45) is 0. The van der Waals surface area contributed by atoms with E-state index in [0.29, 0.717) is 47.5 Å². The summed E-state index contributed by atoms with van der Waals surface area (Å²) in [5.41, 5.74) is -0.688. The van der Waals surface area contributed by atoms with Gasteiger partial charge in [0.1, 0.15) is 17.3 Å². The SMILES string of the molecule is COCOCCN1CCN(C(=O)c2cc(C(C)(C)C)sc2NC(=O)Nc2cccc(Cl)c2Cl)C(C)(C)C1=O. The monoisotopic (exact) mass is 584 g/mol. The van der Waals surface area contributed by atoms with Crippen molar-refractivity contribution in [3.8, 4) is 0 Å². The number of amides is 4. The molecule has 2 heterocycles. The molecule has 1 aromatic carbocycles. The number of carbonyl (C=O) groups is 3. The number of methoxy groups -OCH3 is 1. The molecule has 1 fully saturated rings. The number of ether oxygens (including phenoxy) is 2. The summed E-state index contributed by atoms with van der Waals surface area (Å²) in [6, 6.07) is 6.14. The zero-order valence-corrected chi connectivity index (χ0v) is 24.8. The van der Waals surface area contributed by atoms with Gasteiger partial charge in [0.15, 0.2) is 0 Å². The van der Waals surface area contributed by atoms with E-state index in [4.69, 9.17) is 32.7 Å². The first-order chi connectivity index (χ1) is 17.8. The molecule has 9 nitrogen and oxygen atoms in total. The molecule has 0 radical (unpaired) electrons. The molecule has 38 heavy (non-hydrogen) atoms. The van der Waals surface area contributed by atoms with Crippen LogP contribution < -0.4 is 10.6 Å². The van der Waals surface area contributed by atoms with Crippen LogP contribution in [0.5, 0.6) is 0 Å². The molecule has 0 spiro atoms. The fourth-order valence-electron chi connectivity index (χ4n) is 4.00. The van der Waals surface area contributed by atoms with Crippen LogP contribution >= 0.6 is 34.5 Å². The number of piperazine rings is 1. The van der Waals surface area contributed by atoms with Crippen LogP contribution in [0.2, 0.25) is 10.0 Å². The molecule has 0 saturated carbocycles. The zero-order chi connectivity index (χ0) is 28.3. The summed E-state index contributed by atoms with van der Waals surface area (Å²) in [5.74, 6) is -0.506. The van der Waals surface area contributed by atoms with Crippen LogP contribution in [-0.2, 0) is 19.7 Å². The van der Waals surface area contributed by atoms with Crippen LogP contribution in [0.25, 0.3) is 0 Å². The lowest BCUT2D eigenvalue weighted by Crippen LogP contribution is -2.64. The van der Waals surface area contributed by atoms with Crippen LogP contribution in [0, 0.1) is 0 Å². The normalized spacial score (nSPS) is 15.5. The topological polar surface area (TPSA) is 100 Å². The first-order valence-corrected chi connectivity index (χ1v) is 13.7. The Hall–Kier alpha value is -2.37. The molecule has 0 bridgehead atoms. The summed E-state index contributed by atoms with van der Waals surface area (Å²) in [4.78, 5) is 44.2. The van der Waals surface area contributed by atoms with Crippen molar-refractivity contribution in [1.82, 2.24) is 9.80 Å². The van der Waals surface area contributed by atoms with Gasteiger partial charge >= 0.3 is 6.03 Å². The molecule has 1 saturated heterocycles. The van der Waals surface area contributed by atoms with Crippen LogP contribution in [0.15, 0.2) is 24.3 Å². The van der Waals surface area contributed by atoms with Crippen LogP contribution in [0.1, 0.15) is 49.9 Å². The Morgan fingerprint density at radius 2 is 1.87 bits per heavy atom. The van der Waals surface area contributed by atoms with E-state index < -0.39 is 11.6 Å². The van der Waals surface area contributed by atoms with Crippen molar-refractivity contribution in [1.29, 1.82) is 0 Å². The van der Waals surface area contributed by atoms with Gasteiger partial charge in [-0.05, 0) is 37.5 Å². The average molecular weight is 586 g/mol. The molecule has 1 aromatic heterocycles. The van der Waals surface area contributed by atoms with Crippen molar-refractivity contribution >= 4 is 63.1 Å². The molecule has 0 unspecified atom stereocenters. The van der Waals surface area contributed by atoms with Crippen molar-refractivity contribution in [2.75, 3.05) is 50.8 Å². The van der Waals surface area contributed by atoms with Gasteiger partial charge in [0.25, 0.3) is 5.91 Å². The van der Waals surface area contributed by atoms with E-state index in [1.54, 1.807) is 47.9 Å². The van der Waals surface area contributed by atoms with Crippen LogP contribution in [0.3, 0.4) is 0 Å². The highest BCUT2D eigenvalue weighted by Crippen LogP contribution is 2.38. The minimum Gasteiger partial charge on any atom is -0.359 e. The van der Waals surface area contributed by atoms with Crippen LogP contribution in [0.4, 0.5) is 15.5 Å². The van der Waals surface area contributed by atoms with Crippen LogP contribution in [-0.4, -0.2) is 73.3 Å². The Kier molecular flexibility index (Phi) is 9.70. The van der Waals surface area contributed by atoms with E-state index in [1.165, 1.54) is 18.4 Å². The number of halogens is 2. The van der Waals surface area contributed by atoms with E-state index in [2.05, 4.69) is 10.6 Å². The second kappa shape index (κ2) is 12.2. The highest BCUT2D eigenvalue weighted by molar-refractivity contribution is 7.16. The minimum absolute atomic E-state index is 0.150. The quantitative estimate of drug-likeness (QED) is 0.307. The lowest BCUT2D eigenvalue weighted by Gasteiger charge is -2.45. The van der Waals surface area contributed by atoms with E-state index in [9.17, 15) is 14.4 Å². The predicted molar refractivity (Wildman–Crippen MR) is 152 cm³/mol. The second-order valence-electron chi connectivity index (χ2n) is 10.4. The number of thiophene rings is 1. The number of rotatable bonds is 8. The third-order valence-electron chi connectivity index (χ3n) is 6.16. The number of carbonyl (C=O) groups excluding carboxylic acids is 3. The Morgan fingerprint density at radius 3 is 2.53 bits per heavy atom. The third kappa shape index (κ3) is 6.79. The van der Waals surface area contributed by atoms with Gasteiger partial charge in [0, 0.05) is 31.6 Å². The molecule has 1 aliphatic heterocycles. The number of nitrogens with zero attached hydrogens (tertiary/aromatic N) is 2. The molecule has 208 valence electrons. The number of nitrogens with one attached hydrogen (secondary N) is 2. The van der Waals surface area contributed by atoms with Gasteiger partial charge in [-0.1, -0.05) is 50.0 Å². The molecule has 4 amide bonds. The number of hydrogen-bond acceptors (Lipinski definition) is 6. The Bertz CT molecular complexity index is 1190. The molecule has 1 aliphatic rings. The summed E-state index contributed by atoms with van der Waals surface area (Å²) in [6.45, 7) is 11.1. The lowest BCUT2D eigenvalue weighted by molar-refractivity contribution is -0.148. The fraction of sp³-hybridized carbons (Fsp3) is 0.500. The van der Waals surface area contributed by atoms with E-state index >= 15 is 0 Å². The van der Waals surface area contributed by atoms with Gasteiger partial charge < -0.3 is 24.6 Å². The highest BCUT2D eigenvalue weighted by Gasteiger charge is 2.45. The smallest absolute Gasteiger partial charge is 0.324 e. The molecule has 12 heteroatoms. The summed E-state index contributed by atoms with van der Waals surface area (Å²) in [7, 11) is 1.54.